The quantitative estimate of drug-likeness (QED) is 0.499. The molecule has 10 heavy (non-hydrogen) atoms. The van der Waals surface area contributed by atoms with Crippen molar-refractivity contribution >= 4 is 0 Å². The number of rotatable bonds is 0. The van der Waals surface area contributed by atoms with Crippen molar-refractivity contribution in [3.05, 3.63) is 23.4 Å². The minimum absolute atomic E-state index is 0.780. The highest BCUT2D eigenvalue weighted by atomic mass is 15.1. The summed E-state index contributed by atoms with van der Waals surface area (Å²) in [6, 6.07) is 2.16. The lowest BCUT2D eigenvalue weighted by atomic mass is 10.1. The van der Waals surface area contributed by atoms with Crippen molar-refractivity contribution in [1.29, 1.82) is 5.26 Å². The van der Waals surface area contributed by atoms with Crippen molar-refractivity contribution in [3.63, 3.8) is 0 Å². The van der Waals surface area contributed by atoms with Gasteiger partial charge in [-0.25, -0.2) is 0 Å². The van der Waals surface area contributed by atoms with E-state index in [1.807, 2.05) is 24.9 Å². The van der Waals surface area contributed by atoms with E-state index < -0.39 is 0 Å². The number of allylic oxidation sites excluding steroid dienone is 3. The highest BCUT2D eigenvalue weighted by Crippen LogP contribution is 2.12. The summed E-state index contributed by atoms with van der Waals surface area (Å²) < 4.78 is 0. The zero-order valence-electron chi connectivity index (χ0n) is 6.26. The van der Waals surface area contributed by atoms with Gasteiger partial charge in [-0.05, 0) is 12.5 Å². The lowest BCUT2D eigenvalue weighted by molar-refractivity contribution is 0.472. The van der Waals surface area contributed by atoms with Gasteiger partial charge in [0.25, 0.3) is 0 Å². The molecule has 2 nitrogen and oxygen atoms in total. The monoisotopic (exact) mass is 134 g/mol. The number of hydrogen-bond acceptors (Lipinski definition) is 2. The van der Waals surface area contributed by atoms with Crippen LogP contribution in [0.15, 0.2) is 23.4 Å². The van der Waals surface area contributed by atoms with E-state index in [2.05, 4.69) is 12.1 Å². The fourth-order valence-electron chi connectivity index (χ4n) is 1.03. The second-order valence-electron chi connectivity index (χ2n) is 2.43. The van der Waals surface area contributed by atoms with Crippen LogP contribution in [0.5, 0.6) is 0 Å². The summed E-state index contributed by atoms with van der Waals surface area (Å²) >= 11 is 0. The second-order valence-corrected chi connectivity index (χ2v) is 2.43. The fraction of sp³-hybridized carbons (Fsp3) is 0.375. The van der Waals surface area contributed by atoms with Crippen LogP contribution in [0.4, 0.5) is 0 Å². The van der Waals surface area contributed by atoms with Crippen LogP contribution in [0, 0.1) is 11.3 Å². The summed E-state index contributed by atoms with van der Waals surface area (Å²) in [4.78, 5) is 1.94. The van der Waals surface area contributed by atoms with Crippen molar-refractivity contribution < 1.29 is 0 Å². The van der Waals surface area contributed by atoms with E-state index in [-0.39, 0.29) is 0 Å². The van der Waals surface area contributed by atoms with E-state index >= 15 is 0 Å². The molecule has 1 rings (SSSR count). The van der Waals surface area contributed by atoms with E-state index in [9.17, 15) is 0 Å². The Kier molecular flexibility index (Phi) is 1.77. The van der Waals surface area contributed by atoms with Crippen LogP contribution in [0.25, 0.3) is 0 Å². The molecule has 1 heterocycles. The highest BCUT2D eigenvalue weighted by molar-refractivity contribution is 5.35. The Morgan fingerprint density at radius 3 is 2.80 bits per heavy atom. The third kappa shape index (κ3) is 1.03. The maximum absolute atomic E-state index is 8.65. The molecule has 0 aromatic carbocycles. The Morgan fingerprint density at radius 2 is 2.40 bits per heavy atom. The molecule has 0 unspecified atom stereocenters. The molecular weight excluding hydrogens is 124 g/mol. The second kappa shape index (κ2) is 2.57. The maximum Gasteiger partial charge on any atom is 0.119 e. The number of likely N-dealkylation sites (N-methyl/N-ethyl adjacent to an activating group) is 1. The molecule has 0 aromatic rings. The van der Waals surface area contributed by atoms with Crippen molar-refractivity contribution in [2.45, 2.75) is 6.92 Å². The third-order valence-corrected chi connectivity index (χ3v) is 1.61. The molecule has 0 aromatic heterocycles. The Bertz CT molecular complexity index is 230. The Hall–Kier alpha value is -1.23. The van der Waals surface area contributed by atoms with E-state index in [4.69, 9.17) is 5.26 Å². The molecule has 52 valence electrons. The summed E-state index contributed by atoms with van der Waals surface area (Å²) in [5.74, 6) is 0. The van der Waals surface area contributed by atoms with Crippen molar-refractivity contribution in [2.75, 3.05) is 13.6 Å². The van der Waals surface area contributed by atoms with E-state index in [1.54, 1.807) is 0 Å². The largest absolute Gasteiger partial charge is 0.362 e. The minimum Gasteiger partial charge on any atom is -0.362 e. The predicted octanol–water partition coefficient (Wildman–Crippen LogP) is 1.29. The Morgan fingerprint density at radius 1 is 1.70 bits per heavy atom. The fourth-order valence-corrected chi connectivity index (χ4v) is 1.03. The van der Waals surface area contributed by atoms with Crippen LogP contribution in [0.1, 0.15) is 6.92 Å². The molecule has 0 bridgehead atoms. The van der Waals surface area contributed by atoms with Crippen LogP contribution in [-0.4, -0.2) is 18.5 Å². The van der Waals surface area contributed by atoms with Crippen LogP contribution < -0.4 is 0 Å². The van der Waals surface area contributed by atoms with Gasteiger partial charge in [-0.2, -0.15) is 5.26 Å². The van der Waals surface area contributed by atoms with Gasteiger partial charge in [0.1, 0.15) is 11.8 Å². The summed E-state index contributed by atoms with van der Waals surface area (Å²) in [7, 11) is 1.92. The normalized spacial score (nSPS) is 17.5. The van der Waals surface area contributed by atoms with Gasteiger partial charge >= 0.3 is 0 Å². The average Bonchev–Trinajstić information content (AvgIpc) is 1.88. The number of hydrogen-bond donors (Lipinski definition) is 0. The lowest BCUT2D eigenvalue weighted by Gasteiger charge is -2.20. The molecular formula is C8H10N2. The Labute approximate surface area is 61.1 Å². The van der Waals surface area contributed by atoms with Gasteiger partial charge in [0.05, 0.1) is 0 Å². The van der Waals surface area contributed by atoms with E-state index in [0.717, 1.165) is 17.8 Å². The van der Waals surface area contributed by atoms with Crippen molar-refractivity contribution in [3.8, 4) is 6.07 Å². The first-order valence-corrected chi connectivity index (χ1v) is 3.24. The third-order valence-electron chi connectivity index (χ3n) is 1.61. The minimum atomic E-state index is 0.780. The average molecular weight is 134 g/mol. The molecule has 1 aliphatic rings. The molecule has 2 heteroatoms. The number of nitriles is 1. The zero-order chi connectivity index (χ0) is 7.56. The van der Waals surface area contributed by atoms with Crippen molar-refractivity contribution in [1.82, 2.24) is 4.90 Å². The van der Waals surface area contributed by atoms with Gasteiger partial charge in [-0.15, -0.1) is 0 Å². The number of nitrogens with zero attached hydrogens (tertiary/aromatic N) is 2. The summed E-state index contributed by atoms with van der Waals surface area (Å²) in [6.07, 6.45) is 4.04. The first-order valence-electron chi connectivity index (χ1n) is 3.24. The first-order chi connectivity index (χ1) is 4.75. The molecule has 0 atom stereocenters. The van der Waals surface area contributed by atoms with Gasteiger partial charge in [0.15, 0.2) is 0 Å². The van der Waals surface area contributed by atoms with Gasteiger partial charge in [0, 0.05) is 13.6 Å². The molecule has 0 fully saturated rings. The van der Waals surface area contributed by atoms with Gasteiger partial charge < -0.3 is 4.90 Å². The maximum atomic E-state index is 8.65. The predicted molar refractivity (Wildman–Crippen MR) is 40.1 cm³/mol. The SMILES string of the molecule is CC1=C(C#N)N(C)CC=C1. The summed E-state index contributed by atoms with van der Waals surface area (Å²) in [5, 5.41) is 8.65. The van der Waals surface area contributed by atoms with E-state index in [1.165, 1.54) is 0 Å². The smallest absolute Gasteiger partial charge is 0.119 e. The van der Waals surface area contributed by atoms with E-state index in [0.29, 0.717) is 0 Å². The molecule has 1 aliphatic heterocycles. The molecule has 0 spiro atoms. The molecule has 0 aliphatic carbocycles. The van der Waals surface area contributed by atoms with Crippen LogP contribution in [0.3, 0.4) is 0 Å². The molecule has 0 amide bonds. The highest BCUT2D eigenvalue weighted by Gasteiger charge is 2.07. The standard InChI is InChI=1S/C8H10N2/c1-7-4-3-5-10(2)8(7)6-9/h3-4H,5H2,1-2H3. The van der Waals surface area contributed by atoms with Crippen LogP contribution in [0.2, 0.25) is 0 Å². The zero-order valence-corrected chi connectivity index (χ0v) is 6.26. The Balaban J connectivity index is 2.97. The van der Waals surface area contributed by atoms with Crippen molar-refractivity contribution in [2.24, 2.45) is 0 Å². The molecule has 0 N–H and O–H groups in total. The van der Waals surface area contributed by atoms with Gasteiger partial charge in [0.2, 0.25) is 0 Å². The van der Waals surface area contributed by atoms with Gasteiger partial charge in [-0.1, -0.05) is 12.2 Å². The topological polar surface area (TPSA) is 27.0 Å². The molecule has 0 radical (unpaired) electrons. The lowest BCUT2D eigenvalue weighted by Crippen LogP contribution is -2.20. The van der Waals surface area contributed by atoms with Crippen LogP contribution >= 0.6 is 0 Å². The summed E-state index contributed by atoms with van der Waals surface area (Å²) in [6.45, 7) is 2.80. The first kappa shape index (κ1) is 6.88. The molecule has 0 saturated carbocycles. The van der Waals surface area contributed by atoms with Crippen LogP contribution in [-0.2, 0) is 0 Å². The summed E-state index contributed by atoms with van der Waals surface area (Å²) in [5.41, 5.74) is 1.83. The molecule has 0 saturated heterocycles. The van der Waals surface area contributed by atoms with Gasteiger partial charge in [-0.3, -0.25) is 0 Å².